The van der Waals surface area contributed by atoms with E-state index in [0.717, 1.165) is 5.56 Å². The molecule has 6 nitrogen and oxygen atoms in total. The van der Waals surface area contributed by atoms with Crippen molar-refractivity contribution in [3.63, 3.8) is 0 Å². The van der Waals surface area contributed by atoms with Gasteiger partial charge in [0.2, 0.25) is 10.0 Å². The van der Waals surface area contributed by atoms with Gasteiger partial charge in [-0.2, -0.15) is 0 Å². The number of anilines is 1. The molecule has 0 aromatic heterocycles. The van der Waals surface area contributed by atoms with Gasteiger partial charge in [-0.3, -0.25) is 4.31 Å². The molecule has 25 heavy (non-hydrogen) atoms. The summed E-state index contributed by atoms with van der Waals surface area (Å²) in [5, 5.41) is 5.16. The van der Waals surface area contributed by atoms with Crippen molar-refractivity contribution < 1.29 is 16.8 Å². The number of hydrogen-bond acceptors (Lipinski definition) is 4. The lowest BCUT2D eigenvalue weighted by atomic mass is 10.1. The van der Waals surface area contributed by atoms with E-state index in [1.807, 2.05) is 19.1 Å². The van der Waals surface area contributed by atoms with Crippen molar-refractivity contribution in [2.24, 2.45) is 5.14 Å². The third kappa shape index (κ3) is 3.05. The molecule has 0 fully saturated rings. The molecule has 0 saturated heterocycles. The number of hydrogen-bond donors (Lipinski definition) is 1. The lowest BCUT2D eigenvalue weighted by Crippen LogP contribution is -2.30. The summed E-state index contributed by atoms with van der Waals surface area (Å²) in [4.78, 5) is 0.301. The zero-order valence-corrected chi connectivity index (χ0v) is 15.9. The first-order chi connectivity index (χ1) is 11.5. The van der Waals surface area contributed by atoms with Crippen LogP contribution in [0.15, 0.2) is 40.1 Å². The largest absolute Gasteiger partial charge is 0.266 e. The maximum absolute atomic E-state index is 13.2. The van der Waals surface area contributed by atoms with Gasteiger partial charge in [0.15, 0.2) is 0 Å². The standard InChI is InChI=1S/C17H20N2O4S2/c1-11-8-12(2)17(13(3)9-11)25(22,23)19-7-6-14-10-15(24(18,20)21)4-5-16(14)19/h4-5,8-10H,6-7H2,1-3H3,(H2,18,20,21). The Kier molecular flexibility index (Phi) is 4.17. The highest BCUT2D eigenvalue weighted by atomic mass is 32.2. The number of fused-ring (bicyclic) bond motifs is 1. The lowest BCUT2D eigenvalue weighted by molar-refractivity contribution is 0.590. The first-order valence-corrected chi connectivity index (χ1v) is 10.8. The van der Waals surface area contributed by atoms with Crippen LogP contribution < -0.4 is 9.44 Å². The van der Waals surface area contributed by atoms with Gasteiger partial charge in [0.05, 0.1) is 15.5 Å². The molecule has 1 aliphatic heterocycles. The summed E-state index contributed by atoms with van der Waals surface area (Å²) in [6.45, 7) is 5.77. The Morgan fingerprint density at radius 1 is 0.960 bits per heavy atom. The number of benzene rings is 2. The summed E-state index contributed by atoms with van der Waals surface area (Å²) < 4.78 is 50.8. The Morgan fingerprint density at radius 2 is 1.56 bits per heavy atom. The molecule has 1 heterocycles. The Balaban J connectivity index is 2.12. The Bertz CT molecular complexity index is 1050. The molecule has 2 aromatic rings. The second-order valence-corrected chi connectivity index (χ2v) is 9.75. The highest BCUT2D eigenvalue weighted by molar-refractivity contribution is 7.93. The summed E-state index contributed by atoms with van der Waals surface area (Å²) in [5.41, 5.74) is 3.58. The number of primary sulfonamides is 1. The minimum Gasteiger partial charge on any atom is -0.266 e. The van der Waals surface area contributed by atoms with Gasteiger partial charge in [-0.15, -0.1) is 0 Å². The second-order valence-electron chi connectivity index (χ2n) is 6.39. The third-order valence-corrected chi connectivity index (χ3v) is 7.42. The molecule has 0 radical (unpaired) electrons. The van der Waals surface area contributed by atoms with Crippen LogP contribution in [0.3, 0.4) is 0 Å². The fourth-order valence-corrected chi connectivity index (χ4v) is 5.94. The van der Waals surface area contributed by atoms with Crippen LogP contribution in [-0.4, -0.2) is 23.4 Å². The fourth-order valence-electron chi connectivity index (χ4n) is 3.46. The average Bonchev–Trinajstić information content (AvgIpc) is 2.88. The third-order valence-electron chi connectivity index (χ3n) is 4.39. The highest BCUT2D eigenvalue weighted by Crippen LogP contribution is 2.36. The van der Waals surface area contributed by atoms with Crippen LogP contribution in [0.2, 0.25) is 0 Å². The lowest BCUT2D eigenvalue weighted by Gasteiger charge is -2.22. The van der Waals surface area contributed by atoms with E-state index >= 15 is 0 Å². The van der Waals surface area contributed by atoms with Crippen LogP contribution in [-0.2, 0) is 26.5 Å². The van der Waals surface area contributed by atoms with E-state index in [1.165, 1.54) is 22.5 Å². The molecule has 2 N–H and O–H groups in total. The molecule has 2 aromatic carbocycles. The predicted molar refractivity (Wildman–Crippen MR) is 96.7 cm³/mol. The number of aryl methyl sites for hydroxylation is 3. The number of nitrogens with zero attached hydrogens (tertiary/aromatic N) is 1. The molecule has 134 valence electrons. The van der Waals surface area contributed by atoms with E-state index in [4.69, 9.17) is 5.14 Å². The number of nitrogens with two attached hydrogens (primary N) is 1. The van der Waals surface area contributed by atoms with Crippen LogP contribution in [0.5, 0.6) is 0 Å². The van der Waals surface area contributed by atoms with Crippen LogP contribution in [0, 0.1) is 20.8 Å². The van der Waals surface area contributed by atoms with Crippen LogP contribution in [0.25, 0.3) is 0 Å². The molecule has 3 rings (SSSR count). The van der Waals surface area contributed by atoms with E-state index in [0.29, 0.717) is 33.7 Å². The molecular formula is C17H20N2O4S2. The number of rotatable bonds is 3. The SMILES string of the molecule is Cc1cc(C)c(S(=O)(=O)N2CCc3cc(S(N)(=O)=O)ccc32)c(C)c1. The Hall–Kier alpha value is -1.90. The van der Waals surface area contributed by atoms with Gasteiger partial charge in [-0.05, 0) is 62.1 Å². The maximum atomic E-state index is 13.2. The minimum absolute atomic E-state index is 0.00630. The van der Waals surface area contributed by atoms with Crippen molar-refractivity contribution in [2.45, 2.75) is 37.0 Å². The Labute approximate surface area is 148 Å². The van der Waals surface area contributed by atoms with Gasteiger partial charge in [0, 0.05) is 6.54 Å². The first kappa shape index (κ1) is 17.9. The molecule has 8 heteroatoms. The molecule has 0 amide bonds. The highest BCUT2D eigenvalue weighted by Gasteiger charge is 2.33. The summed E-state index contributed by atoms with van der Waals surface area (Å²) in [7, 11) is -7.54. The van der Waals surface area contributed by atoms with Crippen molar-refractivity contribution in [1.29, 1.82) is 0 Å². The van der Waals surface area contributed by atoms with Crippen LogP contribution >= 0.6 is 0 Å². The first-order valence-electron chi connectivity index (χ1n) is 7.78. The molecule has 0 saturated carbocycles. The van der Waals surface area contributed by atoms with E-state index in [9.17, 15) is 16.8 Å². The molecule has 0 aliphatic carbocycles. The number of sulfonamides is 2. The van der Waals surface area contributed by atoms with E-state index in [-0.39, 0.29) is 11.4 Å². The normalized spacial score (nSPS) is 14.6. The summed E-state index contributed by atoms with van der Waals surface area (Å²) in [5.74, 6) is 0. The summed E-state index contributed by atoms with van der Waals surface area (Å²) in [6, 6.07) is 8.01. The van der Waals surface area contributed by atoms with E-state index in [2.05, 4.69) is 0 Å². The van der Waals surface area contributed by atoms with E-state index < -0.39 is 20.0 Å². The van der Waals surface area contributed by atoms with Crippen molar-refractivity contribution >= 4 is 25.7 Å². The van der Waals surface area contributed by atoms with Gasteiger partial charge >= 0.3 is 0 Å². The fraction of sp³-hybridized carbons (Fsp3) is 0.294. The van der Waals surface area contributed by atoms with Crippen molar-refractivity contribution in [3.05, 3.63) is 52.6 Å². The van der Waals surface area contributed by atoms with Gasteiger partial charge in [-0.25, -0.2) is 22.0 Å². The van der Waals surface area contributed by atoms with Gasteiger partial charge < -0.3 is 0 Å². The molecule has 0 spiro atoms. The van der Waals surface area contributed by atoms with Gasteiger partial charge in [0.25, 0.3) is 10.0 Å². The smallest absolute Gasteiger partial charge is 0.264 e. The molecule has 0 bridgehead atoms. The quantitative estimate of drug-likeness (QED) is 0.881. The van der Waals surface area contributed by atoms with Gasteiger partial charge in [0.1, 0.15) is 0 Å². The summed E-state index contributed by atoms with van der Waals surface area (Å²) in [6.07, 6.45) is 0.446. The van der Waals surface area contributed by atoms with Crippen LogP contribution in [0.4, 0.5) is 5.69 Å². The molecule has 0 atom stereocenters. The Morgan fingerprint density at radius 3 is 2.12 bits per heavy atom. The van der Waals surface area contributed by atoms with Crippen LogP contribution in [0.1, 0.15) is 22.3 Å². The topological polar surface area (TPSA) is 97.5 Å². The summed E-state index contributed by atoms with van der Waals surface area (Å²) >= 11 is 0. The zero-order chi connectivity index (χ0) is 18.6. The van der Waals surface area contributed by atoms with Crippen molar-refractivity contribution in [3.8, 4) is 0 Å². The van der Waals surface area contributed by atoms with E-state index in [1.54, 1.807) is 13.8 Å². The maximum Gasteiger partial charge on any atom is 0.264 e. The average molecular weight is 380 g/mol. The zero-order valence-electron chi connectivity index (χ0n) is 14.3. The molecule has 0 unspecified atom stereocenters. The molecule has 1 aliphatic rings. The molecular weight excluding hydrogens is 360 g/mol. The van der Waals surface area contributed by atoms with Gasteiger partial charge in [-0.1, -0.05) is 17.7 Å². The minimum atomic E-state index is -3.82. The second kappa shape index (κ2) is 5.82. The van der Waals surface area contributed by atoms with Crippen molar-refractivity contribution in [1.82, 2.24) is 0 Å². The monoisotopic (exact) mass is 380 g/mol. The predicted octanol–water partition coefficient (Wildman–Crippen LogP) is 2.01. The van der Waals surface area contributed by atoms with Crippen molar-refractivity contribution in [2.75, 3.05) is 10.8 Å².